The molecule has 4 nitrogen and oxygen atoms in total. The van der Waals surface area contributed by atoms with E-state index in [0.29, 0.717) is 18.8 Å². The van der Waals surface area contributed by atoms with Crippen molar-refractivity contribution in [2.75, 3.05) is 13.1 Å². The molecular weight excluding hydrogens is 344 g/mol. The molecule has 26 heavy (non-hydrogen) atoms. The number of carbonyl (C=O) groups excluding carboxylic acids is 2. The van der Waals surface area contributed by atoms with Gasteiger partial charge in [0, 0.05) is 43.1 Å². The summed E-state index contributed by atoms with van der Waals surface area (Å²) < 4.78 is 0. The lowest BCUT2D eigenvalue weighted by Gasteiger charge is -2.31. The standard InChI is InChI=1S/C21H22N2O2S/c24-19(20-6-3-13-26-20)7-8-21(25)23-11-9-15(10-12-23)18-14-16-4-1-2-5-17(16)22-18/h1-6,13-15,22H,7-12H2. The first kappa shape index (κ1) is 17.0. The number of ketones is 1. The Morgan fingerprint density at radius 1 is 1.08 bits per heavy atom. The molecule has 1 amide bonds. The van der Waals surface area contributed by atoms with Crippen molar-refractivity contribution in [2.24, 2.45) is 0 Å². The molecule has 134 valence electrons. The van der Waals surface area contributed by atoms with Crippen molar-refractivity contribution in [3.63, 3.8) is 0 Å². The van der Waals surface area contributed by atoms with Crippen LogP contribution in [0.1, 0.15) is 47.0 Å². The van der Waals surface area contributed by atoms with Gasteiger partial charge in [0.05, 0.1) is 4.88 Å². The number of rotatable bonds is 5. The Bertz CT molecular complexity index is 872. The van der Waals surface area contributed by atoms with Crippen LogP contribution in [0, 0.1) is 0 Å². The van der Waals surface area contributed by atoms with E-state index in [1.54, 1.807) is 0 Å². The number of fused-ring (bicyclic) bond motifs is 1. The maximum absolute atomic E-state index is 12.4. The molecule has 0 radical (unpaired) electrons. The number of aromatic nitrogens is 1. The zero-order chi connectivity index (χ0) is 17.9. The first-order valence-electron chi connectivity index (χ1n) is 9.13. The number of carbonyl (C=O) groups is 2. The van der Waals surface area contributed by atoms with Crippen molar-refractivity contribution in [2.45, 2.75) is 31.6 Å². The highest BCUT2D eigenvalue weighted by Gasteiger charge is 2.25. The van der Waals surface area contributed by atoms with E-state index in [4.69, 9.17) is 0 Å². The molecule has 4 rings (SSSR count). The summed E-state index contributed by atoms with van der Waals surface area (Å²) in [4.78, 5) is 30.7. The van der Waals surface area contributed by atoms with Gasteiger partial charge in [-0.3, -0.25) is 9.59 Å². The number of piperidine rings is 1. The number of amides is 1. The molecule has 0 atom stereocenters. The maximum Gasteiger partial charge on any atom is 0.223 e. The SMILES string of the molecule is O=C(CCC(=O)N1CCC(c2cc3ccccc3[nH]2)CC1)c1cccs1. The van der Waals surface area contributed by atoms with Gasteiger partial charge in [-0.05, 0) is 41.8 Å². The van der Waals surface area contributed by atoms with Crippen molar-refractivity contribution in [3.8, 4) is 0 Å². The van der Waals surface area contributed by atoms with Gasteiger partial charge in [-0.1, -0.05) is 24.3 Å². The van der Waals surface area contributed by atoms with Gasteiger partial charge in [0.15, 0.2) is 5.78 Å². The Kier molecular flexibility index (Phi) is 4.89. The number of H-pyrrole nitrogens is 1. The topological polar surface area (TPSA) is 53.2 Å². The number of benzene rings is 1. The van der Waals surface area contributed by atoms with Gasteiger partial charge in [-0.15, -0.1) is 11.3 Å². The third-order valence-corrected chi connectivity index (χ3v) is 6.11. The van der Waals surface area contributed by atoms with Gasteiger partial charge < -0.3 is 9.88 Å². The largest absolute Gasteiger partial charge is 0.358 e. The van der Waals surface area contributed by atoms with Crippen LogP contribution in [0.3, 0.4) is 0 Å². The van der Waals surface area contributed by atoms with E-state index in [0.717, 1.165) is 30.8 Å². The predicted molar refractivity (Wildman–Crippen MR) is 105 cm³/mol. The van der Waals surface area contributed by atoms with E-state index < -0.39 is 0 Å². The molecule has 0 spiro atoms. The molecule has 1 fully saturated rings. The van der Waals surface area contributed by atoms with Crippen LogP contribution in [0.2, 0.25) is 0 Å². The fraction of sp³-hybridized carbons (Fsp3) is 0.333. The van der Waals surface area contributed by atoms with Gasteiger partial charge in [0.1, 0.15) is 0 Å². The van der Waals surface area contributed by atoms with Crippen molar-refractivity contribution in [3.05, 3.63) is 58.4 Å². The minimum Gasteiger partial charge on any atom is -0.358 e. The molecule has 3 heterocycles. The normalized spacial score (nSPS) is 15.5. The van der Waals surface area contributed by atoms with Crippen LogP contribution in [0.5, 0.6) is 0 Å². The Morgan fingerprint density at radius 2 is 1.88 bits per heavy atom. The maximum atomic E-state index is 12.4. The summed E-state index contributed by atoms with van der Waals surface area (Å²) in [5.74, 6) is 0.644. The molecule has 1 aromatic carbocycles. The first-order chi connectivity index (χ1) is 12.7. The number of hydrogen-bond donors (Lipinski definition) is 1. The Hall–Kier alpha value is -2.40. The molecule has 1 aliphatic rings. The highest BCUT2D eigenvalue weighted by molar-refractivity contribution is 7.12. The van der Waals surface area contributed by atoms with E-state index in [1.807, 2.05) is 28.5 Å². The molecule has 1 N–H and O–H groups in total. The van der Waals surface area contributed by atoms with Crippen molar-refractivity contribution in [1.29, 1.82) is 0 Å². The van der Waals surface area contributed by atoms with Crippen LogP contribution in [-0.2, 0) is 4.79 Å². The Labute approximate surface area is 156 Å². The monoisotopic (exact) mass is 366 g/mol. The van der Waals surface area contributed by atoms with E-state index in [1.165, 1.54) is 27.9 Å². The van der Waals surface area contributed by atoms with Gasteiger partial charge in [-0.25, -0.2) is 0 Å². The molecule has 0 saturated carbocycles. The molecule has 2 aromatic heterocycles. The minimum absolute atomic E-state index is 0.0707. The summed E-state index contributed by atoms with van der Waals surface area (Å²) >= 11 is 1.44. The highest BCUT2D eigenvalue weighted by atomic mass is 32.1. The second kappa shape index (κ2) is 7.46. The molecule has 1 aliphatic heterocycles. The number of likely N-dealkylation sites (tertiary alicyclic amines) is 1. The highest BCUT2D eigenvalue weighted by Crippen LogP contribution is 2.30. The average Bonchev–Trinajstić information content (AvgIpc) is 3.35. The number of hydrogen-bond acceptors (Lipinski definition) is 3. The van der Waals surface area contributed by atoms with Crippen LogP contribution in [0.4, 0.5) is 0 Å². The summed E-state index contributed by atoms with van der Waals surface area (Å²) in [6.07, 6.45) is 2.56. The molecule has 0 bridgehead atoms. The molecule has 3 aromatic rings. The second-order valence-corrected chi connectivity index (χ2v) is 7.82. The van der Waals surface area contributed by atoms with Crippen LogP contribution >= 0.6 is 11.3 Å². The predicted octanol–water partition coefficient (Wildman–Crippen LogP) is 4.60. The van der Waals surface area contributed by atoms with Gasteiger partial charge in [0.2, 0.25) is 5.91 Å². The van der Waals surface area contributed by atoms with Gasteiger partial charge in [0.25, 0.3) is 0 Å². The number of thiophene rings is 1. The van der Waals surface area contributed by atoms with Gasteiger partial charge >= 0.3 is 0 Å². The molecule has 5 heteroatoms. The van der Waals surface area contributed by atoms with E-state index in [-0.39, 0.29) is 11.7 Å². The lowest BCUT2D eigenvalue weighted by molar-refractivity contribution is -0.132. The molecular formula is C21H22N2O2S. The zero-order valence-electron chi connectivity index (χ0n) is 14.6. The smallest absolute Gasteiger partial charge is 0.223 e. The summed E-state index contributed by atoms with van der Waals surface area (Å²) in [5, 5.41) is 3.14. The first-order valence-corrected chi connectivity index (χ1v) is 10.0. The lowest BCUT2D eigenvalue weighted by atomic mass is 9.93. The van der Waals surface area contributed by atoms with E-state index in [2.05, 4.69) is 29.2 Å². The summed E-state index contributed by atoms with van der Waals surface area (Å²) in [7, 11) is 0. The molecule has 0 unspecified atom stereocenters. The molecule has 1 saturated heterocycles. The second-order valence-electron chi connectivity index (χ2n) is 6.87. The number of nitrogens with one attached hydrogen (secondary N) is 1. The summed E-state index contributed by atoms with van der Waals surface area (Å²) in [5.41, 5.74) is 2.44. The Morgan fingerprint density at radius 3 is 2.62 bits per heavy atom. The van der Waals surface area contributed by atoms with Crippen molar-refractivity contribution < 1.29 is 9.59 Å². The zero-order valence-corrected chi connectivity index (χ0v) is 15.4. The minimum atomic E-state index is 0.0707. The van der Waals surface area contributed by atoms with Gasteiger partial charge in [-0.2, -0.15) is 0 Å². The number of Topliss-reactive ketones (excluding diaryl/α,β-unsaturated/α-hetero) is 1. The average molecular weight is 366 g/mol. The van der Waals surface area contributed by atoms with Crippen LogP contribution in [0.25, 0.3) is 10.9 Å². The number of aromatic amines is 1. The van der Waals surface area contributed by atoms with Crippen LogP contribution in [-0.4, -0.2) is 34.7 Å². The lowest BCUT2D eigenvalue weighted by Crippen LogP contribution is -2.38. The van der Waals surface area contributed by atoms with Crippen molar-refractivity contribution in [1.82, 2.24) is 9.88 Å². The quantitative estimate of drug-likeness (QED) is 0.671. The summed E-state index contributed by atoms with van der Waals surface area (Å²) in [6.45, 7) is 1.54. The third-order valence-electron chi connectivity index (χ3n) is 5.20. The van der Waals surface area contributed by atoms with Crippen molar-refractivity contribution >= 4 is 33.9 Å². The van der Waals surface area contributed by atoms with E-state index in [9.17, 15) is 9.59 Å². The van der Waals surface area contributed by atoms with E-state index >= 15 is 0 Å². The number of nitrogens with zero attached hydrogens (tertiary/aromatic N) is 1. The Balaban J connectivity index is 1.30. The third kappa shape index (κ3) is 3.58. The summed E-state index contributed by atoms with van der Waals surface area (Å²) in [6, 6.07) is 14.2. The fourth-order valence-corrected chi connectivity index (χ4v) is 4.39. The van der Waals surface area contributed by atoms with Crippen LogP contribution < -0.4 is 0 Å². The van der Waals surface area contributed by atoms with Crippen LogP contribution in [0.15, 0.2) is 47.8 Å². The number of para-hydroxylation sites is 1. The fourth-order valence-electron chi connectivity index (χ4n) is 3.69. The molecule has 0 aliphatic carbocycles.